The third-order valence-electron chi connectivity index (χ3n) is 3.43. The molecule has 1 unspecified atom stereocenters. The van der Waals surface area contributed by atoms with E-state index in [-0.39, 0.29) is 5.82 Å². The van der Waals surface area contributed by atoms with Crippen molar-refractivity contribution in [3.05, 3.63) is 28.2 Å². The number of rotatable bonds is 2. The quantitative estimate of drug-likeness (QED) is 0.717. The molecule has 0 bridgehead atoms. The number of halogens is 3. The van der Waals surface area contributed by atoms with Crippen molar-refractivity contribution in [2.45, 2.75) is 24.8 Å². The highest BCUT2D eigenvalue weighted by Crippen LogP contribution is 2.33. The van der Waals surface area contributed by atoms with Gasteiger partial charge in [-0.1, -0.05) is 0 Å². The summed E-state index contributed by atoms with van der Waals surface area (Å²) in [5, 5.41) is 0. The molecule has 3 rings (SSSR count). The van der Waals surface area contributed by atoms with Crippen LogP contribution < -0.4 is 0 Å². The molecule has 0 radical (unpaired) electrons. The van der Waals surface area contributed by atoms with Crippen LogP contribution in [0.4, 0.5) is 4.39 Å². The Labute approximate surface area is 128 Å². The molecule has 0 aliphatic carbocycles. The number of imidazole rings is 1. The van der Waals surface area contributed by atoms with E-state index in [0.717, 1.165) is 29.0 Å². The minimum absolute atomic E-state index is 0.252. The first-order valence-corrected chi connectivity index (χ1v) is 8.68. The van der Waals surface area contributed by atoms with Gasteiger partial charge in [0.1, 0.15) is 11.6 Å². The fourth-order valence-electron chi connectivity index (χ4n) is 2.57. The number of hydrogen-bond donors (Lipinski definition) is 0. The fraction of sp³-hybridized carbons (Fsp3) is 0.462. The highest BCUT2D eigenvalue weighted by Gasteiger charge is 2.22. The van der Waals surface area contributed by atoms with Gasteiger partial charge in [-0.2, -0.15) is 11.8 Å². The van der Waals surface area contributed by atoms with Gasteiger partial charge in [-0.3, -0.25) is 0 Å². The largest absolute Gasteiger partial charge is 0.323 e. The van der Waals surface area contributed by atoms with Crippen molar-refractivity contribution in [3.63, 3.8) is 0 Å². The van der Waals surface area contributed by atoms with Crippen molar-refractivity contribution in [2.24, 2.45) is 0 Å². The Kier molecular flexibility index (Phi) is 4.06. The summed E-state index contributed by atoms with van der Waals surface area (Å²) in [7, 11) is 0. The molecular formula is C13H13BrClFN2S. The Morgan fingerprint density at radius 1 is 1.53 bits per heavy atom. The van der Waals surface area contributed by atoms with Gasteiger partial charge in [0, 0.05) is 17.9 Å². The van der Waals surface area contributed by atoms with Gasteiger partial charge in [-0.15, -0.1) is 11.6 Å². The molecule has 0 saturated carbocycles. The maximum atomic E-state index is 13.8. The van der Waals surface area contributed by atoms with Crippen LogP contribution in [0.15, 0.2) is 16.6 Å². The van der Waals surface area contributed by atoms with E-state index in [1.807, 2.05) is 11.8 Å². The average molecular weight is 364 g/mol. The Morgan fingerprint density at radius 3 is 3.05 bits per heavy atom. The second-order valence-electron chi connectivity index (χ2n) is 4.66. The van der Waals surface area contributed by atoms with E-state index in [2.05, 4.69) is 25.5 Å². The van der Waals surface area contributed by atoms with Crippen molar-refractivity contribution in [1.29, 1.82) is 0 Å². The monoisotopic (exact) mass is 362 g/mol. The molecule has 1 fully saturated rings. The number of benzene rings is 1. The summed E-state index contributed by atoms with van der Waals surface area (Å²) in [6, 6.07) is 3.66. The van der Waals surface area contributed by atoms with Crippen LogP contribution in [0.2, 0.25) is 0 Å². The van der Waals surface area contributed by atoms with Crippen LogP contribution in [-0.4, -0.2) is 21.1 Å². The zero-order valence-electron chi connectivity index (χ0n) is 10.2. The first kappa shape index (κ1) is 13.7. The molecule has 1 aliphatic rings. The van der Waals surface area contributed by atoms with E-state index in [0.29, 0.717) is 16.4 Å². The molecule has 1 saturated heterocycles. The summed E-state index contributed by atoms with van der Waals surface area (Å²) in [5.41, 5.74) is 1.66. The number of hydrogen-bond acceptors (Lipinski definition) is 2. The third-order valence-corrected chi connectivity index (χ3v) is 5.47. The lowest BCUT2D eigenvalue weighted by atomic mass is 10.1. The van der Waals surface area contributed by atoms with Crippen molar-refractivity contribution in [2.75, 3.05) is 11.5 Å². The summed E-state index contributed by atoms with van der Waals surface area (Å²) in [6.07, 6.45) is 2.30. The molecule has 1 aromatic heterocycles. The number of alkyl halides is 1. The maximum Gasteiger partial charge on any atom is 0.139 e. The molecule has 2 aromatic rings. The first-order valence-electron chi connectivity index (χ1n) is 6.20. The van der Waals surface area contributed by atoms with Crippen molar-refractivity contribution in [3.8, 4) is 0 Å². The van der Waals surface area contributed by atoms with E-state index in [1.165, 1.54) is 12.2 Å². The molecular weight excluding hydrogens is 351 g/mol. The van der Waals surface area contributed by atoms with Crippen LogP contribution in [0.25, 0.3) is 11.0 Å². The molecule has 2 heterocycles. The molecule has 0 N–H and O–H groups in total. The van der Waals surface area contributed by atoms with Gasteiger partial charge in [-0.25, -0.2) is 9.37 Å². The fourth-order valence-corrected chi connectivity index (χ4v) is 4.21. The minimum Gasteiger partial charge on any atom is -0.323 e. The molecule has 0 spiro atoms. The number of fused-ring (bicyclic) bond motifs is 1. The lowest BCUT2D eigenvalue weighted by molar-refractivity contribution is 0.499. The molecule has 1 atom stereocenters. The van der Waals surface area contributed by atoms with E-state index in [9.17, 15) is 4.39 Å². The van der Waals surface area contributed by atoms with Gasteiger partial charge in [0.25, 0.3) is 0 Å². The van der Waals surface area contributed by atoms with Gasteiger partial charge < -0.3 is 4.57 Å². The van der Waals surface area contributed by atoms with Crippen molar-refractivity contribution < 1.29 is 4.39 Å². The van der Waals surface area contributed by atoms with E-state index in [4.69, 9.17) is 11.6 Å². The minimum atomic E-state index is -0.252. The molecule has 2 nitrogen and oxygen atoms in total. The predicted molar refractivity (Wildman–Crippen MR) is 82.5 cm³/mol. The summed E-state index contributed by atoms with van der Waals surface area (Å²) in [5.74, 6) is 3.20. The van der Waals surface area contributed by atoms with Gasteiger partial charge >= 0.3 is 0 Å². The van der Waals surface area contributed by atoms with Gasteiger partial charge in [0.15, 0.2) is 0 Å². The predicted octanol–water partition coefficient (Wildman–Crippen LogP) is 4.74. The SMILES string of the molecule is Fc1cc2c(cc1Br)nc(CCl)n2C1CCCSC1. The highest BCUT2D eigenvalue weighted by molar-refractivity contribution is 9.10. The lowest BCUT2D eigenvalue weighted by Gasteiger charge is -2.25. The number of aromatic nitrogens is 2. The summed E-state index contributed by atoms with van der Waals surface area (Å²) >= 11 is 11.2. The van der Waals surface area contributed by atoms with Crippen LogP contribution in [0, 0.1) is 5.82 Å². The number of nitrogens with zero attached hydrogens (tertiary/aromatic N) is 2. The van der Waals surface area contributed by atoms with Crippen LogP contribution in [-0.2, 0) is 5.88 Å². The Hall–Kier alpha value is -0.260. The molecule has 1 aliphatic heterocycles. The second kappa shape index (κ2) is 5.62. The van der Waals surface area contributed by atoms with Gasteiger partial charge in [0.2, 0.25) is 0 Å². The van der Waals surface area contributed by atoms with Crippen LogP contribution >= 0.6 is 39.3 Å². The van der Waals surface area contributed by atoms with Gasteiger partial charge in [0.05, 0.1) is 21.4 Å². The van der Waals surface area contributed by atoms with Gasteiger partial charge in [-0.05, 0) is 40.6 Å². The highest BCUT2D eigenvalue weighted by atomic mass is 79.9. The van der Waals surface area contributed by atoms with Crippen molar-refractivity contribution in [1.82, 2.24) is 9.55 Å². The second-order valence-corrected chi connectivity index (χ2v) is 6.93. The van der Waals surface area contributed by atoms with E-state index < -0.39 is 0 Å². The third kappa shape index (κ3) is 2.52. The van der Waals surface area contributed by atoms with Crippen LogP contribution in [0.3, 0.4) is 0 Å². The zero-order chi connectivity index (χ0) is 13.4. The summed E-state index contributed by atoms with van der Waals surface area (Å²) in [4.78, 5) is 4.53. The zero-order valence-corrected chi connectivity index (χ0v) is 13.4. The van der Waals surface area contributed by atoms with Crippen LogP contribution in [0.5, 0.6) is 0 Å². The molecule has 102 valence electrons. The molecule has 19 heavy (non-hydrogen) atoms. The molecule has 1 aromatic carbocycles. The smallest absolute Gasteiger partial charge is 0.139 e. The number of thioether (sulfide) groups is 1. The Bertz CT molecular complexity index is 610. The van der Waals surface area contributed by atoms with Crippen LogP contribution in [0.1, 0.15) is 24.7 Å². The molecule has 6 heteroatoms. The topological polar surface area (TPSA) is 17.8 Å². The van der Waals surface area contributed by atoms with E-state index >= 15 is 0 Å². The standard InChI is InChI=1S/C13H13BrClFN2S/c14-9-4-11-12(5-10(9)16)18(13(6-15)17-11)8-2-1-3-19-7-8/h4-5,8H,1-3,6-7H2. The average Bonchev–Trinajstić information content (AvgIpc) is 2.78. The maximum absolute atomic E-state index is 13.8. The normalized spacial score (nSPS) is 20.1. The van der Waals surface area contributed by atoms with Crippen molar-refractivity contribution >= 4 is 50.3 Å². The molecule has 0 amide bonds. The summed E-state index contributed by atoms with van der Waals surface area (Å²) < 4.78 is 16.4. The Balaban J connectivity index is 2.16. The first-order chi connectivity index (χ1) is 9.20. The lowest BCUT2D eigenvalue weighted by Crippen LogP contribution is -2.18. The van der Waals surface area contributed by atoms with E-state index in [1.54, 1.807) is 12.1 Å². The Morgan fingerprint density at radius 2 is 2.37 bits per heavy atom. The summed E-state index contributed by atoms with van der Waals surface area (Å²) in [6.45, 7) is 0.